The van der Waals surface area contributed by atoms with Crippen molar-refractivity contribution in [2.24, 2.45) is 0 Å². The minimum atomic E-state index is -4.73. The molecule has 0 radical (unpaired) electrons. The summed E-state index contributed by atoms with van der Waals surface area (Å²) in [7, 11) is 0. The quantitative estimate of drug-likeness (QED) is 0.485. The molecule has 3 rings (SSSR count). The van der Waals surface area contributed by atoms with Crippen molar-refractivity contribution < 1.29 is 27.1 Å². The molecule has 0 saturated carbocycles. The molecule has 29 heavy (non-hydrogen) atoms. The van der Waals surface area contributed by atoms with Crippen molar-refractivity contribution in [1.82, 2.24) is 15.5 Å². The molecule has 154 valence electrons. The van der Waals surface area contributed by atoms with E-state index >= 15 is 0 Å². The smallest absolute Gasteiger partial charge is 0.467 e. The van der Waals surface area contributed by atoms with Gasteiger partial charge in [-0.15, -0.1) is 23.4 Å². The number of alkyl halides is 3. The maximum absolute atomic E-state index is 12.2. The second-order valence-electron chi connectivity index (χ2n) is 5.66. The van der Waals surface area contributed by atoms with E-state index in [-0.39, 0.29) is 23.5 Å². The first-order valence-corrected chi connectivity index (χ1v) is 10.0. The highest BCUT2D eigenvalue weighted by molar-refractivity contribution is 8.01. The summed E-state index contributed by atoms with van der Waals surface area (Å²) in [6, 6.07) is 8.53. The van der Waals surface area contributed by atoms with E-state index < -0.39 is 6.36 Å². The predicted octanol–water partition coefficient (Wildman–Crippen LogP) is 4.74. The largest absolute Gasteiger partial charge is 0.573 e. The number of hydrogen-bond donors (Lipinski definition) is 2. The lowest BCUT2D eigenvalue weighted by atomic mass is 10.2. The number of ether oxygens (including phenoxy) is 1. The molecule has 0 fully saturated rings. The van der Waals surface area contributed by atoms with Crippen LogP contribution in [-0.4, -0.2) is 28.2 Å². The third kappa shape index (κ3) is 6.68. The average molecular weight is 444 g/mol. The van der Waals surface area contributed by atoms with E-state index in [4.69, 9.17) is 4.42 Å². The van der Waals surface area contributed by atoms with E-state index in [1.165, 1.54) is 47.4 Å². The summed E-state index contributed by atoms with van der Waals surface area (Å²) < 4.78 is 46.1. The van der Waals surface area contributed by atoms with Crippen molar-refractivity contribution in [1.29, 1.82) is 0 Å². The van der Waals surface area contributed by atoms with Gasteiger partial charge in [0.1, 0.15) is 11.5 Å². The number of carbonyl (C=O) groups is 1. The molecular formula is C17H15F3N4O3S2. The van der Waals surface area contributed by atoms with Gasteiger partial charge in [0.05, 0.1) is 18.1 Å². The Labute approximate surface area is 171 Å². The van der Waals surface area contributed by atoms with Crippen LogP contribution in [0.3, 0.4) is 0 Å². The van der Waals surface area contributed by atoms with Crippen LogP contribution in [-0.2, 0) is 4.79 Å². The van der Waals surface area contributed by atoms with E-state index in [1.807, 2.05) is 6.92 Å². The maximum Gasteiger partial charge on any atom is 0.573 e. The molecule has 0 bridgehead atoms. The van der Waals surface area contributed by atoms with Gasteiger partial charge in [-0.3, -0.25) is 4.79 Å². The second-order valence-corrected chi connectivity index (χ2v) is 7.86. The van der Waals surface area contributed by atoms with Gasteiger partial charge in [0.25, 0.3) is 0 Å². The van der Waals surface area contributed by atoms with Crippen molar-refractivity contribution in [3.8, 4) is 5.75 Å². The zero-order valence-electron chi connectivity index (χ0n) is 14.9. The number of nitrogens with zero attached hydrogens (tertiary/aromatic N) is 2. The van der Waals surface area contributed by atoms with Crippen LogP contribution in [0.15, 0.2) is 51.4 Å². The lowest BCUT2D eigenvalue weighted by Crippen LogP contribution is -2.27. The van der Waals surface area contributed by atoms with E-state index in [9.17, 15) is 18.0 Å². The van der Waals surface area contributed by atoms with Crippen LogP contribution < -0.4 is 15.4 Å². The fraction of sp³-hybridized carbons (Fsp3) is 0.235. The topological polar surface area (TPSA) is 89.3 Å². The number of benzene rings is 1. The van der Waals surface area contributed by atoms with Gasteiger partial charge in [0.2, 0.25) is 11.0 Å². The van der Waals surface area contributed by atoms with Gasteiger partial charge >= 0.3 is 6.36 Å². The van der Waals surface area contributed by atoms with E-state index in [1.54, 1.807) is 18.4 Å². The van der Waals surface area contributed by atoms with Crippen LogP contribution >= 0.6 is 23.1 Å². The first-order valence-electron chi connectivity index (χ1n) is 8.20. The maximum atomic E-state index is 12.2. The standard InChI is InChI=1S/C17H15F3N4O3S2/c1-10(13-3-2-8-26-13)21-14(25)9-28-16-24-23-15(29-16)22-11-4-6-12(7-5-11)27-17(18,19)20/h2-8,10H,9H2,1H3,(H,21,25)(H,22,23). The van der Waals surface area contributed by atoms with E-state index in [0.717, 1.165) is 0 Å². The predicted molar refractivity (Wildman–Crippen MR) is 102 cm³/mol. The number of carbonyl (C=O) groups excluding carboxylic acids is 1. The van der Waals surface area contributed by atoms with Crippen LogP contribution in [0.2, 0.25) is 0 Å². The molecule has 0 aliphatic carbocycles. The molecule has 0 spiro atoms. The van der Waals surface area contributed by atoms with Crippen molar-refractivity contribution in [2.75, 3.05) is 11.1 Å². The molecule has 12 heteroatoms. The van der Waals surface area contributed by atoms with E-state index in [2.05, 4.69) is 25.6 Å². The number of halogens is 3. The first-order chi connectivity index (χ1) is 13.8. The van der Waals surface area contributed by atoms with Gasteiger partial charge in [-0.25, -0.2) is 0 Å². The molecule has 2 N–H and O–H groups in total. The van der Waals surface area contributed by atoms with E-state index in [0.29, 0.717) is 20.9 Å². The molecule has 1 unspecified atom stereocenters. The summed E-state index contributed by atoms with van der Waals surface area (Å²) in [5.41, 5.74) is 0.525. The molecule has 0 aliphatic heterocycles. The number of thioether (sulfide) groups is 1. The number of rotatable bonds is 8. The highest BCUT2D eigenvalue weighted by Gasteiger charge is 2.30. The SMILES string of the molecule is CC(NC(=O)CSc1nnc(Nc2ccc(OC(F)(F)F)cc2)s1)c1ccco1. The fourth-order valence-corrected chi connectivity index (χ4v) is 3.78. The molecule has 2 heterocycles. The molecule has 0 saturated heterocycles. The molecule has 7 nitrogen and oxygen atoms in total. The highest BCUT2D eigenvalue weighted by Crippen LogP contribution is 2.29. The monoisotopic (exact) mass is 444 g/mol. The number of hydrogen-bond acceptors (Lipinski definition) is 8. The van der Waals surface area contributed by atoms with Crippen LogP contribution in [0.25, 0.3) is 0 Å². The van der Waals surface area contributed by atoms with Crippen LogP contribution in [0.1, 0.15) is 18.7 Å². The second kappa shape index (κ2) is 9.18. The number of nitrogens with one attached hydrogen (secondary N) is 2. The Morgan fingerprint density at radius 2 is 2.03 bits per heavy atom. The molecular weight excluding hydrogens is 429 g/mol. The number of aromatic nitrogens is 2. The molecule has 0 aliphatic rings. The summed E-state index contributed by atoms with van der Waals surface area (Å²) in [4.78, 5) is 12.0. The summed E-state index contributed by atoms with van der Waals surface area (Å²) in [6.07, 6.45) is -3.19. The number of anilines is 2. The Morgan fingerprint density at radius 1 is 1.28 bits per heavy atom. The van der Waals surface area contributed by atoms with Gasteiger partial charge in [0.15, 0.2) is 4.34 Å². The van der Waals surface area contributed by atoms with Gasteiger partial charge in [0, 0.05) is 5.69 Å². The third-order valence-electron chi connectivity index (χ3n) is 3.42. The highest BCUT2D eigenvalue weighted by atomic mass is 32.2. The third-order valence-corrected chi connectivity index (χ3v) is 5.39. The molecule has 1 amide bonds. The molecule has 2 aromatic heterocycles. The van der Waals surface area contributed by atoms with Gasteiger partial charge < -0.3 is 19.8 Å². The fourth-order valence-electron chi connectivity index (χ4n) is 2.20. The Kier molecular flexibility index (Phi) is 6.64. The van der Waals surface area contributed by atoms with Crippen molar-refractivity contribution >= 4 is 39.8 Å². The Hall–Kier alpha value is -2.73. The van der Waals surface area contributed by atoms with Crippen LogP contribution in [0.5, 0.6) is 5.75 Å². The Bertz CT molecular complexity index is 930. The minimum Gasteiger partial charge on any atom is -0.467 e. The van der Waals surface area contributed by atoms with Gasteiger partial charge in [-0.05, 0) is 43.3 Å². The normalized spacial score (nSPS) is 12.4. The number of furan rings is 1. The summed E-state index contributed by atoms with van der Waals surface area (Å²) in [5.74, 6) is 0.330. The lowest BCUT2D eigenvalue weighted by molar-refractivity contribution is -0.274. The summed E-state index contributed by atoms with van der Waals surface area (Å²) in [6.45, 7) is 1.82. The lowest BCUT2D eigenvalue weighted by Gasteiger charge is -2.10. The van der Waals surface area contributed by atoms with Crippen molar-refractivity contribution in [3.05, 3.63) is 48.4 Å². The summed E-state index contributed by atoms with van der Waals surface area (Å²) >= 11 is 2.45. The average Bonchev–Trinajstić information content (AvgIpc) is 3.32. The Balaban J connectivity index is 1.47. The Morgan fingerprint density at radius 3 is 2.69 bits per heavy atom. The van der Waals surface area contributed by atoms with Crippen LogP contribution in [0, 0.1) is 0 Å². The van der Waals surface area contributed by atoms with Gasteiger partial charge in [-0.1, -0.05) is 23.1 Å². The van der Waals surface area contributed by atoms with Crippen molar-refractivity contribution in [2.45, 2.75) is 23.7 Å². The number of amides is 1. The van der Waals surface area contributed by atoms with Crippen LogP contribution in [0.4, 0.5) is 24.0 Å². The zero-order valence-corrected chi connectivity index (χ0v) is 16.5. The molecule has 3 aromatic rings. The van der Waals surface area contributed by atoms with Crippen molar-refractivity contribution in [3.63, 3.8) is 0 Å². The van der Waals surface area contributed by atoms with Gasteiger partial charge in [-0.2, -0.15) is 0 Å². The first kappa shape index (κ1) is 21.0. The molecule has 1 aromatic carbocycles. The summed E-state index contributed by atoms with van der Waals surface area (Å²) in [5, 5.41) is 14.1. The molecule has 1 atom stereocenters. The zero-order chi connectivity index (χ0) is 20.9. The minimum absolute atomic E-state index is 0.156.